The van der Waals surface area contributed by atoms with Gasteiger partial charge in [-0.1, -0.05) is 41.5 Å². The monoisotopic (exact) mass is 632 g/mol. The molecule has 0 atom stereocenters. The van der Waals surface area contributed by atoms with Crippen molar-refractivity contribution in [2.45, 2.75) is 41.5 Å². The molecule has 0 amide bonds. The van der Waals surface area contributed by atoms with Crippen molar-refractivity contribution in [3.63, 3.8) is 0 Å². The zero-order chi connectivity index (χ0) is 23.6. The topological polar surface area (TPSA) is 45.4 Å². The van der Waals surface area contributed by atoms with Crippen LogP contribution >= 0.6 is 9.58 Å². The van der Waals surface area contributed by atoms with Crippen molar-refractivity contribution < 1.29 is 22.6 Å². The van der Waals surface area contributed by atoms with Crippen LogP contribution in [0.3, 0.4) is 0 Å². The molecule has 1 aliphatic rings. The molecule has 0 spiro atoms. The summed E-state index contributed by atoms with van der Waals surface area (Å²) < 4.78 is 5.10. The Kier molecular flexibility index (Phi) is 14.4. The molecule has 1 fully saturated rings. The number of benzene rings is 2. The summed E-state index contributed by atoms with van der Waals surface area (Å²) in [5.74, 6) is 5.48. The van der Waals surface area contributed by atoms with Gasteiger partial charge in [-0.25, -0.2) is 5.26 Å². The molecule has 1 aliphatic carbocycles. The van der Waals surface area contributed by atoms with E-state index in [9.17, 15) is 0 Å². The molecular formula is C27H36ClIrN2O. The Hall–Kier alpha value is -1.66. The van der Waals surface area contributed by atoms with Crippen LogP contribution in [-0.4, -0.2) is 12.8 Å². The number of halogens is 1. The Morgan fingerprint density at radius 1 is 0.938 bits per heavy atom. The van der Waals surface area contributed by atoms with Crippen molar-refractivity contribution in [2.75, 3.05) is 7.11 Å². The van der Waals surface area contributed by atoms with Crippen molar-refractivity contribution in [3.8, 4) is 11.8 Å². The summed E-state index contributed by atoms with van der Waals surface area (Å²) >= 11 is 1.47. The van der Waals surface area contributed by atoms with Gasteiger partial charge < -0.3 is 17.2 Å². The summed E-state index contributed by atoms with van der Waals surface area (Å²) in [5.41, 5.74) is 3.20. The molecule has 3 nitrogen and oxygen atoms in total. The van der Waals surface area contributed by atoms with Gasteiger partial charge in [-0.2, -0.15) is 0 Å². The molecular weight excluding hydrogens is 596 g/mol. The number of hydrogen-bond donors (Lipinski definition) is 0. The second kappa shape index (κ2) is 15.2. The third-order valence-electron chi connectivity index (χ3n) is 6.85. The van der Waals surface area contributed by atoms with Crippen molar-refractivity contribution in [1.29, 1.82) is 5.26 Å². The van der Waals surface area contributed by atoms with Crippen molar-refractivity contribution >= 4 is 21.0 Å². The van der Waals surface area contributed by atoms with Gasteiger partial charge in [0.25, 0.3) is 0 Å². The van der Waals surface area contributed by atoms with E-state index in [0.717, 1.165) is 52.3 Å². The van der Waals surface area contributed by atoms with Crippen LogP contribution in [0.4, 0.5) is 5.69 Å². The Morgan fingerprint density at radius 3 is 1.75 bits per heavy atom. The second-order valence-electron chi connectivity index (χ2n) is 8.29. The van der Waals surface area contributed by atoms with Crippen molar-refractivity contribution in [3.05, 3.63) is 67.1 Å². The first-order valence-corrected chi connectivity index (χ1v) is 13.5. The maximum atomic E-state index is 8.74. The molecule has 0 heterocycles. The molecule has 5 heteroatoms. The molecule has 0 unspecified atom stereocenters. The first-order chi connectivity index (χ1) is 14.8. The van der Waals surface area contributed by atoms with Gasteiger partial charge in [0, 0.05) is 6.07 Å². The number of hydrogen-bond acceptors (Lipinski definition) is 3. The number of methoxy groups -OCH3 is 1. The third-order valence-corrected chi connectivity index (χ3v) is 6.85. The molecule has 0 radical (unpaired) electrons. The van der Waals surface area contributed by atoms with Crippen LogP contribution < -0.4 is 4.74 Å². The molecule has 176 valence electrons. The van der Waals surface area contributed by atoms with Gasteiger partial charge in [-0.3, -0.25) is 0 Å². The van der Waals surface area contributed by atoms with E-state index in [0.29, 0.717) is 5.56 Å². The van der Waals surface area contributed by atoms with E-state index < -0.39 is 0 Å². The predicted octanol–water partition coefficient (Wildman–Crippen LogP) is 7.83. The molecule has 3 rings (SSSR count). The predicted molar refractivity (Wildman–Crippen MR) is 133 cm³/mol. The minimum absolute atomic E-state index is 0. The number of nitriles is 1. The standard InChI is InChI=1S/C16H13N2O.C10H20.CH3.ClH.Ir/c1-12(14-5-3-13(11-17)4-6-14)18-15-7-9-16(19-2)10-8-15;1-6-7(2)9(4)10(5)8(6)3;;;/h3-5,7-10H,1-2H3;6-10H,1-5H3;1H3;1H;/q-1;;-1;;+3/p-1. The van der Waals surface area contributed by atoms with Crippen LogP contribution in [0.25, 0.3) is 0 Å². The van der Waals surface area contributed by atoms with Crippen molar-refractivity contribution in [2.24, 2.45) is 34.6 Å². The first kappa shape index (κ1) is 30.3. The average Bonchev–Trinajstić information content (AvgIpc) is 2.99. The van der Waals surface area contributed by atoms with E-state index >= 15 is 0 Å². The van der Waals surface area contributed by atoms with Gasteiger partial charge in [-0.05, 0) is 65.1 Å². The van der Waals surface area contributed by atoms with Gasteiger partial charge in [0.05, 0.1) is 12.8 Å². The number of nitrogens with zero attached hydrogens (tertiary/aromatic N) is 2. The van der Waals surface area contributed by atoms with Gasteiger partial charge in [0.15, 0.2) is 0 Å². The van der Waals surface area contributed by atoms with Crippen LogP contribution in [0, 0.1) is 54.4 Å². The molecule has 0 bridgehead atoms. The normalized spacial score (nSPS) is 24.0. The third kappa shape index (κ3) is 8.36. The molecule has 2 aromatic carbocycles. The summed E-state index contributed by atoms with van der Waals surface area (Å²) in [6, 6.07) is 17.9. The maximum absolute atomic E-state index is 8.74. The van der Waals surface area contributed by atoms with Crippen molar-refractivity contribution in [1.82, 2.24) is 0 Å². The van der Waals surface area contributed by atoms with Gasteiger partial charge >= 0.3 is 27.5 Å². The summed E-state index contributed by atoms with van der Waals surface area (Å²) in [6.07, 6.45) is 0. The average molecular weight is 632 g/mol. The second-order valence-corrected chi connectivity index (χ2v) is 8.29. The van der Waals surface area contributed by atoms with Crippen LogP contribution in [0.5, 0.6) is 5.75 Å². The van der Waals surface area contributed by atoms with Crippen LogP contribution in [0.1, 0.15) is 52.7 Å². The molecule has 1 saturated carbocycles. The van der Waals surface area contributed by atoms with E-state index in [1.54, 1.807) is 19.2 Å². The van der Waals surface area contributed by atoms with Gasteiger partial charge in [0.1, 0.15) is 5.75 Å². The van der Waals surface area contributed by atoms with Crippen LogP contribution in [-0.2, 0) is 17.9 Å². The molecule has 2 aromatic rings. The Balaban J connectivity index is 0.000000628. The fourth-order valence-electron chi connectivity index (χ4n) is 4.02. The Bertz CT molecular complexity index is 814. The Labute approximate surface area is 210 Å². The zero-order valence-electron chi connectivity index (χ0n) is 20.4. The van der Waals surface area contributed by atoms with E-state index in [2.05, 4.69) is 61.3 Å². The molecule has 32 heavy (non-hydrogen) atoms. The SMILES string of the molecule is CC1C(C)C(C)C(C)C1C.COc1ccc(N=C(C)c2[c-]cc(C#N)cc2)cc1.[CH3-].[Cl][Ir+2]. The molecule has 0 N–H and O–H groups in total. The van der Waals surface area contributed by atoms with Crippen LogP contribution in [0.2, 0.25) is 0 Å². The van der Waals surface area contributed by atoms with E-state index in [1.165, 1.54) is 17.9 Å². The first-order valence-electron chi connectivity index (χ1n) is 10.5. The summed E-state index contributed by atoms with van der Waals surface area (Å²) in [5, 5.41) is 8.74. The fraction of sp³-hybridized carbons (Fsp3) is 0.444. The molecule has 0 aliphatic heterocycles. The minimum atomic E-state index is 0. The number of aliphatic imine (C=N–C) groups is 1. The van der Waals surface area contributed by atoms with E-state index in [4.69, 9.17) is 10.00 Å². The fourth-order valence-corrected chi connectivity index (χ4v) is 4.02. The molecule has 0 aromatic heterocycles. The quantitative estimate of drug-likeness (QED) is 0.256. The zero-order valence-corrected chi connectivity index (χ0v) is 23.6. The van der Waals surface area contributed by atoms with Gasteiger partial charge in [-0.15, -0.1) is 29.8 Å². The van der Waals surface area contributed by atoms with E-state index in [-0.39, 0.29) is 7.43 Å². The van der Waals surface area contributed by atoms with Crippen LogP contribution in [0.15, 0.2) is 47.5 Å². The van der Waals surface area contributed by atoms with Gasteiger partial charge in [0.2, 0.25) is 0 Å². The van der Waals surface area contributed by atoms with E-state index in [1.807, 2.05) is 37.3 Å². The summed E-state index contributed by atoms with van der Waals surface area (Å²) in [6.45, 7) is 13.9. The number of rotatable bonds is 3. The Morgan fingerprint density at radius 2 is 1.41 bits per heavy atom. The summed E-state index contributed by atoms with van der Waals surface area (Å²) in [7, 11) is 6.27. The summed E-state index contributed by atoms with van der Waals surface area (Å²) in [4.78, 5) is 4.51. The number of ether oxygens (including phenoxy) is 1. The molecule has 0 saturated heterocycles.